The highest BCUT2D eigenvalue weighted by Crippen LogP contribution is 2.21. The Morgan fingerprint density at radius 2 is 2.14 bits per heavy atom. The normalized spacial score (nSPS) is 15.8. The Bertz CT molecular complexity index is 617. The van der Waals surface area contributed by atoms with Gasteiger partial charge in [-0.1, -0.05) is 6.07 Å². The van der Waals surface area contributed by atoms with Gasteiger partial charge in [0, 0.05) is 37.6 Å². The topological polar surface area (TPSA) is 47.4 Å². The van der Waals surface area contributed by atoms with Crippen molar-refractivity contribution in [1.82, 2.24) is 14.7 Å². The van der Waals surface area contributed by atoms with E-state index in [2.05, 4.69) is 5.10 Å². The summed E-state index contributed by atoms with van der Waals surface area (Å²) in [7, 11) is 1.62. The first-order valence-electron chi connectivity index (χ1n) is 7.67. The fraction of sp³-hybridized carbons (Fsp3) is 0.412. The lowest BCUT2D eigenvalue weighted by molar-refractivity contribution is 0.0681. The quantitative estimate of drug-likeness (QED) is 0.871. The molecule has 3 rings (SSSR count). The number of piperidine rings is 1. The summed E-state index contributed by atoms with van der Waals surface area (Å²) in [4.78, 5) is 14.5. The van der Waals surface area contributed by atoms with Crippen molar-refractivity contribution in [2.45, 2.75) is 19.4 Å². The maximum Gasteiger partial charge on any atom is 0.253 e. The first-order valence-corrected chi connectivity index (χ1v) is 7.67. The van der Waals surface area contributed by atoms with Gasteiger partial charge in [-0.25, -0.2) is 0 Å². The minimum absolute atomic E-state index is 0.0939. The number of carbonyl (C=O) groups excluding carboxylic acids is 1. The number of carbonyl (C=O) groups is 1. The van der Waals surface area contributed by atoms with Crippen LogP contribution in [0.2, 0.25) is 0 Å². The van der Waals surface area contributed by atoms with Gasteiger partial charge in [0.05, 0.1) is 7.11 Å². The van der Waals surface area contributed by atoms with Gasteiger partial charge in [-0.3, -0.25) is 9.48 Å². The van der Waals surface area contributed by atoms with E-state index >= 15 is 0 Å². The third-order valence-corrected chi connectivity index (χ3v) is 4.22. The van der Waals surface area contributed by atoms with Crippen LogP contribution in [-0.2, 0) is 6.54 Å². The van der Waals surface area contributed by atoms with E-state index in [1.165, 1.54) is 0 Å². The van der Waals surface area contributed by atoms with Gasteiger partial charge in [-0.05, 0) is 43.0 Å². The standard InChI is InChI=1S/C17H21N3O2/c1-22-16-5-2-4-15(12-16)17(21)19-10-6-14(7-11-19)13-20-9-3-8-18-20/h2-5,8-9,12,14H,6-7,10-11,13H2,1H3. The van der Waals surface area contributed by atoms with Crippen LogP contribution in [0.4, 0.5) is 0 Å². The number of methoxy groups -OCH3 is 1. The van der Waals surface area contributed by atoms with Crippen molar-refractivity contribution < 1.29 is 9.53 Å². The smallest absolute Gasteiger partial charge is 0.253 e. The number of amides is 1. The number of rotatable bonds is 4. The van der Waals surface area contributed by atoms with Crippen molar-refractivity contribution in [3.05, 3.63) is 48.3 Å². The van der Waals surface area contributed by atoms with E-state index in [1.54, 1.807) is 19.4 Å². The maximum absolute atomic E-state index is 12.5. The molecule has 1 aliphatic heterocycles. The highest BCUT2D eigenvalue weighted by Gasteiger charge is 2.24. The molecule has 0 radical (unpaired) electrons. The second-order valence-electron chi connectivity index (χ2n) is 5.70. The summed E-state index contributed by atoms with van der Waals surface area (Å²) < 4.78 is 7.16. The first-order chi connectivity index (χ1) is 10.8. The van der Waals surface area contributed by atoms with E-state index in [9.17, 15) is 4.79 Å². The number of hydrogen-bond donors (Lipinski definition) is 0. The van der Waals surface area contributed by atoms with Gasteiger partial charge in [0.15, 0.2) is 0 Å². The van der Waals surface area contributed by atoms with Crippen LogP contribution < -0.4 is 4.74 Å². The maximum atomic E-state index is 12.5. The van der Waals surface area contributed by atoms with Crippen LogP contribution >= 0.6 is 0 Å². The van der Waals surface area contributed by atoms with E-state index in [0.717, 1.165) is 38.2 Å². The summed E-state index contributed by atoms with van der Waals surface area (Å²) in [6, 6.07) is 9.31. The molecule has 116 valence electrons. The molecule has 0 saturated carbocycles. The lowest BCUT2D eigenvalue weighted by Crippen LogP contribution is -2.39. The van der Waals surface area contributed by atoms with Crippen molar-refractivity contribution in [3.8, 4) is 5.75 Å². The molecule has 0 unspecified atom stereocenters. The lowest BCUT2D eigenvalue weighted by atomic mass is 9.96. The molecule has 1 aromatic carbocycles. The lowest BCUT2D eigenvalue weighted by Gasteiger charge is -2.32. The van der Waals surface area contributed by atoms with Crippen LogP contribution in [0.25, 0.3) is 0 Å². The molecule has 0 bridgehead atoms. The Hall–Kier alpha value is -2.30. The zero-order valence-electron chi connectivity index (χ0n) is 12.8. The fourth-order valence-corrected chi connectivity index (χ4v) is 2.93. The van der Waals surface area contributed by atoms with E-state index in [-0.39, 0.29) is 5.91 Å². The fourth-order valence-electron chi connectivity index (χ4n) is 2.93. The van der Waals surface area contributed by atoms with Crippen LogP contribution in [0.1, 0.15) is 23.2 Å². The van der Waals surface area contributed by atoms with E-state index < -0.39 is 0 Å². The van der Waals surface area contributed by atoms with E-state index in [1.807, 2.05) is 40.0 Å². The van der Waals surface area contributed by atoms with Crippen molar-refractivity contribution in [3.63, 3.8) is 0 Å². The number of likely N-dealkylation sites (tertiary alicyclic amines) is 1. The second kappa shape index (κ2) is 6.64. The third-order valence-electron chi connectivity index (χ3n) is 4.22. The van der Waals surface area contributed by atoms with Gasteiger partial charge in [0.25, 0.3) is 5.91 Å². The summed E-state index contributed by atoms with van der Waals surface area (Å²) in [6.07, 6.45) is 5.85. The summed E-state index contributed by atoms with van der Waals surface area (Å²) in [5, 5.41) is 4.25. The molecule has 2 aromatic rings. The van der Waals surface area contributed by atoms with Crippen LogP contribution in [0.5, 0.6) is 5.75 Å². The molecule has 0 spiro atoms. The number of aromatic nitrogens is 2. The van der Waals surface area contributed by atoms with E-state index in [0.29, 0.717) is 11.5 Å². The molecule has 1 aromatic heterocycles. The molecule has 2 heterocycles. The van der Waals surface area contributed by atoms with Crippen molar-refractivity contribution in [2.24, 2.45) is 5.92 Å². The van der Waals surface area contributed by atoms with Crippen molar-refractivity contribution in [2.75, 3.05) is 20.2 Å². The van der Waals surface area contributed by atoms with Gasteiger partial charge in [-0.15, -0.1) is 0 Å². The Morgan fingerprint density at radius 1 is 1.32 bits per heavy atom. The molecule has 1 fully saturated rings. The molecule has 0 N–H and O–H groups in total. The summed E-state index contributed by atoms with van der Waals surface area (Å²) in [5.74, 6) is 1.41. The molecule has 1 aliphatic rings. The van der Waals surface area contributed by atoms with Crippen LogP contribution in [0.3, 0.4) is 0 Å². The number of ether oxygens (including phenoxy) is 1. The Balaban J connectivity index is 1.57. The molecular formula is C17H21N3O2. The van der Waals surface area contributed by atoms with Gasteiger partial charge < -0.3 is 9.64 Å². The van der Waals surface area contributed by atoms with Gasteiger partial charge in [0.2, 0.25) is 0 Å². The van der Waals surface area contributed by atoms with Gasteiger partial charge in [0.1, 0.15) is 5.75 Å². The Morgan fingerprint density at radius 3 is 2.82 bits per heavy atom. The second-order valence-corrected chi connectivity index (χ2v) is 5.70. The third kappa shape index (κ3) is 3.30. The van der Waals surface area contributed by atoms with Gasteiger partial charge in [-0.2, -0.15) is 5.10 Å². The predicted molar refractivity (Wildman–Crippen MR) is 83.8 cm³/mol. The van der Waals surface area contributed by atoms with Crippen molar-refractivity contribution in [1.29, 1.82) is 0 Å². The summed E-state index contributed by atoms with van der Waals surface area (Å²) in [6.45, 7) is 2.55. The molecule has 22 heavy (non-hydrogen) atoms. The highest BCUT2D eigenvalue weighted by atomic mass is 16.5. The van der Waals surface area contributed by atoms with Crippen LogP contribution in [0, 0.1) is 5.92 Å². The Labute approximate surface area is 130 Å². The van der Waals surface area contributed by atoms with E-state index in [4.69, 9.17) is 4.74 Å². The molecule has 0 atom stereocenters. The monoisotopic (exact) mass is 299 g/mol. The SMILES string of the molecule is COc1cccc(C(=O)N2CCC(Cn3cccn3)CC2)c1. The minimum atomic E-state index is 0.0939. The molecule has 1 amide bonds. The molecule has 5 heteroatoms. The Kier molecular flexibility index (Phi) is 4.42. The number of hydrogen-bond acceptors (Lipinski definition) is 3. The average Bonchev–Trinajstić information content (AvgIpc) is 3.08. The van der Waals surface area contributed by atoms with Crippen LogP contribution in [-0.4, -0.2) is 40.8 Å². The predicted octanol–water partition coefficient (Wildman–Crippen LogP) is 2.44. The average molecular weight is 299 g/mol. The molecule has 0 aliphatic carbocycles. The van der Waals surface area contributed by atoms with Crippen LogP contribution in [0.15, 0.2) is 42.7 Å². The number of nitrogens with zero attached hydrogens (tertiary/aromatic N) is 3. The summed E-state index contributed by atoms with van der Waals surface area (Å²) in [5.41, 5.74) is 0.699. The number of benzene rings is 1. The molecule has 1 saturated heterocycles. The first kappa shape index (κ1) is 14.6. The highest BCUT2D eigenvalue weighted by molar-refractivity contribution is 5.94. The zero-order chi connectivity index (χ0) is 15.4. The minimum Gasteiger partial charge on any atom is -0.497 e. The summed E-state index contributed by atoms with van der Waals surface area (Å²) >= 11 is 0. The van der Waals surface area contributed by atoms with Crippen molar-refractivity contribution >= 4 is 5.91 Å². The largest absolute Gasteiger partial charge is 0.497 e. The zero-order valence-corrected chi connectivity index (χ0v) is 12.8. The van der Waals surface area contributed by atoms with Gasteiger partial charge >= 0.3 is 0 Å². The molecular weight excluding hydrogens is 278 g/mol. The molecule has 5 nitrogen and oxygen atoms in total.